The van der Waals surface area contributed by atoms with Crippen molar-refractivity contribution in [3.63, 3.8) is 0 Å². The van der Waals surface area contributed by atoms with E-state index in [-0.39, 0.29) is 38.4 Å². The lowest BCUT2D eigenvalue weighted by molar-refractivity contribution is -0.152. The number of esters is 2. The highest BCUT2D eigenvalue weighted by Crippen LogP contribution is 2.09. The zero-order valence-corrected chi connectivity index (χ0v) is 11.3. The van der Waals surface area contributed by atoms with E-state index in [2.05, 4.69) is 0 Å². The minimum absolute atomic E-state index is 0.125. The maximum absolute atomic E-state index is 11.1. The summed E-state index contributed by atoms with van der Waals surface area (Å²) in [5.41, 5.74) is 0. The molecule has 0 saturated carbocycles. The van der Waals surface area contributed by atoms with Gasteiger partial charge in [0.25, 0.3) is 0 Å². The van der Waals surface area contributed by atoms with Crippen LogP contribution in [-0.2, 0) is 19.1 Å². The molecule has 1 aliphatic heterocycles. The molecule has 1 heterocycles. The van der Waals surface area contributed by atoms with Crippen LogP contribution >= 0.6 is 0 Å². The molecule has 0 unspecified atom stereocenters. The van der Waals surface area contributed by atoms with Crippen LogP contribution in [0.3, 0.4) is 0 Å². The normalized spacial score (nSPS) is 18.6. The molecular weight excluding hydrogens is 252 g/mol. The standard InChI is InChI=1S/C11H18O4.C2H6O2/c12-10-6-4-2-1-3-5-7-11(13)15-9-8-14-10;3-1-2-4/h1-9H2;3-4H,1-2H2. The van der Waals surface area contributed by atoms with Gasteiger partial charge in [0.1, 0.15) is 13.2 Å². The zero-order chi connectivity index (χ0) is 14.3. The van der Waals surface area contributed by atoms with Crippen molar-refractivity contribution in [3.8, 4) is 0 Å². The van der Waals surface area contributed by atoms with Crippen molar-refractivity contribution in [1.82, 2.24) is 0 Å². The van der Waals surface area contributed by atoms with Crippen LogP contribution in [-0.4, -0.2) is 48.6 Å². The molecule has 19 heavy (non-hydrogen) atoms. The largest absolute Gasteiger partial charge is 0.462 e. The van der Waals surface area contributed by atoms with Gasteiger partial charge in [-0.1, -0.05) is 19.3 Å². The van der Waals surface area contributed by atoms with Gasteiger partial charge in [-0.15, -0.1) is 0 Å². The van der Waals surface area contributed by atoms with Crippen molar-refractivity contribution in [2.24, 2.45) is 0 Å². The molecule has 0 bridgehead atoms. The third-order valence-electron chi connectivity index (χ3n) is 2.47. The molecule has 0 aromatic heterocycles. The number of ether oxygens (including phenoxy) is 2. The van der Waals surface area contributed by atoms with Gasteiger partial charge in [-0.2, -0.15) is 0 Å². The summed E-state index contributed by atoms with van der Waals surface area (Å²) in [6, 6.07) is 0. The average molecular weight is 276 g/mol. The van der Waals surface area contributed by atoms with Crippen molar-refractivity contribution in [3.05, 3.63) is 0 Å². The van der Waals surface area contributed by atoms with Gasteiger partial charge in [-0.3, -0.25) is 9.59 Å². The number of hydrogen-bond donors (Lipinski definition) is 2. The summed E-state index contributed by atoms with van der Waals surface area (Å²) < 4.78 is 9.78. The van der Waals surface area contributed by atoms with Crippen molar-refractivity contribution in [1.29, 1.82) is 0 Å². The first kappa shape index (κ1) is 17.9. The molecule has 6 nitrogen and oxygen atoms in total. The lowest BCUT2D eigenvalue weighted by Crippen LogP contribution is -2.13. The molecule has 0 aliphatic carbocycles. The Kier molecular flexibility index (Phi) is 12.5. The predicted molar refractivity (Wildman–Crippen MR) is 68.4 cm³/mol. The number of hydrogen-bond acceptors (Lipinski definition) is 6. The van der Waals surface area contributed by atoms with Crippen LogP contribution in [0.4, 0.5) is 0 Å². The predicted octanol–water partition coefficient (Wildman–Crippen LogP) is 0.788. The first-order valence-corrected chi connectivity index (χ1v) is 6.73. The zero-order valence-electron chi connectivity index (χ0n) is 11.3. The lowest BCUT2D eigenvalue weighted by Gasteiger charge is -2.04. The molecule has 0 aromatic carbocycles. The molecular formula is C13H24O6. The number of aliphatic hydroxyl groups is 2. The van der Waals surface area contributed by atoms with E-state index >= 15 is 0 Å². The Morgan fingerprint density at radius 3 is 1.47 bits per heavy atom. The van der Waals surface area contributed by atoms with Gasteiger partial charge < -0.3 is 19.7 Å². The summed E-state index contributed by atoms with van der Waals surface area (Å²) in [5, 5.41) is 15.2. The Morgan fingerprint density at radius 1 is 0.737 bits per heavy atom. The van der Waals surface area contributed by atoms with Crippen LogP contribution in [0.1, 0.15) is 44.9 Å². The number of aliphatic hydroxyl groups excluding tert-OH is 2. The fourth-order valence-corrected chi connectivity index (χ4v) is 1.52. The highest BCUT2D eigenvalue weighted by molar-refractivity contribution is 5.70. The van der Waals surface area contributed by atoms with Crippen LogP contribution in [0.15, 0.2) is 0 Å². The van der Waals surface area contributed by atoms with Gasteiger partial charge in [-0.05, 0) is 12.8 Å². The topological polar surface area (TPSA) is 93.1 Å². The second kappa shape index (κ2) is 13.3. The summed E-state index contributed by atoms with van der Waals surface area (Å²) >= 11 is 0. The monoisotopic (exact) mass is 276 g/mol. The molecule has 6 heteroatoms. The summed E-state index contributed by atoms with van der Waals surface area (Å²) in [5.74, 6) is -0.379. The van der Waals surface area contributed by atoms with Crippen molar-refractivity contribution in [2.75, 3.05) is 26.4 Å². The van der Waals surface area contributed by atoms with Gasteiger partial charge >= 0.3 is 11.9 Å². The average Bonchev–Trinajstić information content (AvgIpc) is 2.43. The van der Waals surface area contributed by atoms with Crippen LogP contribution < -0.4 is 0 Å². The molecule has 1 fully saturated rings. The molecule has 1 aliphatic rings. The molecule has 112 valence electrons. The highest BCUT2D eigenvalue weighted by atomic mass is 16.6. The number of carbonyl (C=O) groups excluding carboxylic acids is 2. The van der Waals surface area contributed by atoms with Gasteiger partial charge in [0, 0.05) is 12.8 Å². The Labute approximate surface area is 113 Å². The first-order valence-electron chi connectivity index (χ1n) is 6.73. The van der Waals surface area contributed by atoms with E-state index in [4.69, 9.17) is 19.7 Å². The number of cyclic esters (lactones) is 2. The summed E-state index contributed by atoms with van der Waals surface area (Å²) in [7, 11) is 0. The van der Waals surface area contributed by atoms with Crippen LogP contribution in [0, 0.1) is 0 Å². The van der Waals surface area contributed by atoms with Crippen molar-refractivity contribution in [2.45, 2.75) is 44.9 Å². The number of rotatable bonds is 1. The van der Waals surface area contributed by atoms with Gasteiger partial charge in [0.2, 0.25) is 0 Å². The molecule has 2 N–H and O–H groups in total. The smallest absolute Gasteiger partial charge is 0.305 e. The molecule has 0 aromatic rings. The Morgan fingerprint density at radius 2 is 1.11 bits per heavy atom. The SMILES string of the molecule is O=C1CCCCCCCC(=O)OCCO1.OCCO. The van der Waals surface area contributed by atoms with E-state index in [0.717, 1.165) is 32.1 Å². The number of carbonyl (C=O) groups is 2. The van der Waals surface area contributed by atoms with E-state index in [1.54, 1.807) is 0 Å². The second-order valence-electron chi connectivity index (χ2n) is 4.16. The molecule has 0 amide bonds. The summed E-state index contributed by atoms with van der Waals surface area (Å²) in [6.45, 7) is 0.120. The van der Waals surface area contributed by atoms with Crippen molar-refractivity contribution < 1.29 is 29.3 Å². The third kappa shape index (κ3) is 13.1. The molecule has 1 saturated heterocycles. The van der Waals surface area contributed by atoms with E-state index in [9.17, 15) is 9.59 Å². The highest BCUT2D eigenvalue weighted by Gasteiger charge is 2.06. The fourth-order valence-electron chi connectivity index (χ4n) is 1.52. The van der Waals surface area contributed by atoms with Crippen molar-refractivity contribution >= 4 is 11.9 Å². The molecule has 0 atom stereocenters. The van der Waals surface area contributed by atoms with Crippen LogP contribution in [0.2, 0.25) is 0 Å². The third-order valence-corrected chi connectivity index (χ3v) is 2.47. The van der Waals surface area contributed by atoms with E-state index in [1.165, 1.54) is 0 Å². The Balaban J connectivity index is 0.000000711. The molecule has 0 spiro atoms. The lowest BCUT2D eigenvalue weighted by atomic mass is 10.1. The van der Waals surface area contributed by atoms with E-state index < -0.39 is 0 Å². The summed E-state index contributed by atoms with van der Waals surface area (Å²) in [4.78, 5) is 22.2. The van der Waals surface area contributed by atoms with Gasteiger partial charge in [0.05, 0.1) is 13.2 Å². The summed E-state index contributed by atoms with van der Waals surface area (Å²) in [6.07, 6.45) is 5.86. The van der Waals surface area contributed by atoms with Crippen LogP contribution in [0.25, 0.3) is 0 Å². The minimum atomic E-state index is -0.190. The van der Waals surface area contributed by atoms with Crippen LogP contribution in [0.5, 0.6) is 0 Å². The first-order chi connectivity index (χ1) is 9.20. The molecule has 0 radical (unpaired) electrons. The van der Waals surface area contributed by atoms with Gasteiger partial charge in [-0.25, -0.2) is 0 Å². The quantitative estimate of drug-likeness (QED) is 0.688. The maximum Gasteiger partial charge on any atom is 0.305 e. The second-order valence-corrected chi connectivity index (χ2v) is 4.16. The maximum atomic E-state index is 11.1. The fraction of sp³-hybridized carbons (Fsp3) is 0.846. The van der Waals surface area contributed by atoms with E-state index in [0.29, 0.717) is 12.8 Å². The Bertz CT molecular complexity index is 217. The molecule has 1 rings (SSSR count). The van der Waals surface area contributed by atoms with Gasteiger partial charge in [0.15, 0.2) is 0 Å². The van der Waals surface area contributed by atoms with E-state index in [1.807, 2.05) is 0 Å². The Hall–Kier alpha value is -1.14. The minimum Gasteiger partial charge on any atom is -0.462 e.